The summed E-state index contributed by atoms with van der Waals surface area (Å²) in [5, 5.41) is 9.74. The Hall–Kier alpha value is -1.30. The predicted molar refractivity (Wildman–Crippen MR) is 69.2 cm³/mol. The minimum absolute atomic E-state index is 0.0352. The molecule has 0 unspecified atom stereocenters. The zero-order valence-electron chi connectivity index (χ0n) is 9.30. The summed E-state index contributed by atoms with van der Waals surface area (Å²) in [6, 6.07) is 5.61. The Labute approximate surface area is 108 Å². The van der Waals surface area contributed by atoms with Crippen molar-refractivity contribution < 1.29 is 9.13 Å². The van der Waals surface area contributed by atoms with Crippen molar-refractivity contribution in [2.24, 2.45) is 5.73 Å². The maximum absolute atomic E-state index is 12.0. The fourth-order valence-corrected chi connectivity index (χ4v) is 1.85. The number of hydrogen-bond donors (Lipinski definition) is 3. The summed E-state index contributed by atoms with van der Waals surface area (Å²) in [7, 11) is 0. The van der Waals surface area contributed by atoms with Crippen LogP contribution in [0.5, 0.6) is 5.75 Å². The first-order valence-electron chi connectivity index (χ1n) is 5.18. The van der Waals surface area contributed by atoms with E-state index in [1.165, 1.54) is 0 Å². The molecule has 1 aromatic rings. The molecule has 1 rings (SSSR count). The van der Waals surface area contributed by atoms with Crippen molar-refractivity contribution in [2.45, 2.75) is 6.42 Å². The van der Waals surface area contributed by atoms with Crippen LogP contribution >= 0.6 is 15.9 Å². The average Bonchev–Trinajstić information content (AvgIpc) is 2.27. The maximum atomic E-state index is 12.0. The second-order valence-corrected chi connectivity index (χ2v) is 4.25. The molecule has 0 saturated carbocycles. The smallest absolute Gasteiger partial charge is 0.185 e. The van der Waals surface area contributed by atoms with E-state index in [9.17, 15) is 4.39 Å². The molecule has 0 heterocycles. The van der Waals surface area contributed by atoms with Gasteiger partial charge in [0.25, 0.3) is 0 Å². The lowest BCUT2D eigenvalue weighted by Crippen LogP contribution is -2.31. The Morgan fingerprint density at radius 1 is 1.53 bits per heavy atom. The van der Waals surface area contributed by atoms with E-state index < -0.39 is 6.67 Å². The van der Waals surface area contributed by atoms with Gasteiger partial charge in [-0.05, 0) is 40.0 Å². The van der Waals surface area contributed by atoms with Crippen LogP contribution in [-0.2, 0) is 6.42 Å². The molecule has 0 fully saturated rings. The van der Waals surface area contributed by atoms with E-state index >= 15 is 0 Å². The van der Waals surface area contributed by atoms with Gasteiger partial charge in [0.05, 0.1) is 4.47 Å². The van der Waals surface area contributed by atoms with Gasteiger partial charge in [0, 0.05) is 6.54 Å². The highest BCUT2D eigenvalue weighted by molar-refractivity contribution is 9.10. The first-order valence-corrected chi connectivity index (χ1v) is 5.98. The van der Waals surface area contributed by atoms with Gasteiger partial charge in [-0.1, -0.05) is 6.07 Å². The largest absolute Gasteiger partial charge is 0.490 e. The van der Waals surface area contributed by atoms with Gasteiger partial charge < -0.3 is 15.8 Å². The molecule has 94 valence electrons. The van der Waals surface area contributed by atoms with Crippen LogP contribution < -0.4 is 15.8 Å². The summed E-state index contributed by atoms with van der Waals surface area (Å²) in [6.07, 6.45) is 0.752. The van der Waals surface area contributed by atoms with E-state index in [0.717, 1.165) is 16.5 Å². The molecule has 17 heavy (non-hydrogen) atoms. The van der Waals surface area contributed by atoms with Gasteiger partial charge in [-0.2, -0.15) is 0 Å². The van der Waals surface area contributed by atoms with Crippen LogP contribution in [0, 0.1) is 5.41 Å². The number of nitrogens with two attached hydrogens (primary N) is 1. The third-order valence-corrected chi connectivity index (χ3v) is 2.68. The standard InChI is InChI=1S/C11H15BrFN3O/c12-9-7-8(3-5-16-11(14)15)1-2-10(9)17-6-4-13/h1-2,7H,3-6H2,(H4,14,15,16). The second kappa shape index (κ2) is 7.11. The molecular formula is C11H15BrFN3O. The van der Waals surface area contributed by atoms with E-state index in [-0.39, 0.29) is 12.6 Å². The summed E-state index contributed by atoms with van der Waals surface area (Å²) in [5.74, 6) is 0.595. The highest BCUT2D eigenvalue weighted by Crippen LogP contribution is 2.26. The number of alkyl halides is 1. The highest BCUT2D eigenvalue weighted by atomic mass is 79.9. The van der Waals surface area contributed by atoms with Crippen LogP contribution in [0.3, 0.4) is 0 Å². The minimum Gasteiger partial charge on any atom is -0.490 e. The first kappa shape index (κ1) is 13.8. The van der Waals surface area contributed by atoms with Gasteiger partial charge in [0.2, 0.25) is 0 Å². The number of hydrogen-bond acceptors (Lipinski definition) is 2. The van der Waals surface area contributed by atoms with Crippen molar-refractivity contribution in [1.29, 1.82) is 5.41 Å². The summed E-state index contributed by atoms with van der Waals surface area (Å²) in [4.78, 5) is 0. The topological polar surface area (TPSA) is 71.1 Å². The van der Waals surface area contributed by atoms with Gasteiger partial charge in [0.15, 0.2) is 5.96 Å². The molecule has 0 aliphatic rings. The second-order valence-electron chi connectivity index (χ2n) is 3.39. The third-order valence-electron chi connectivity index (χ3n) is 2.06. The van der Waals surface area contributed by atoms with Crippen LogP contribution in [0.4, 0.5) is 4.39 Å². The molecule has 0 aliphatic carbocycles. The van der Waals surface area contributed by atoms with Gasteiger partial charge in [0.1, 0.15) is 19.0 Å². The summed E-state index contributed by atoms with van der Waals surface area (Å²) in [6.45, 7) is 0.160. The van der Waals surface area contributed by atoms with Crippen molar-refractivity contribution in [3.63, 3.8) is 0 Å². The number of rotatable bonds is 6. The SMILES string of the molecule is N=C(N)NCCc1ccc(OCCF)c(Br)c1. The fourth-order valence-electron chi connectivity index (χ4n) is 1.31. The molecule has 0 radical (unpaired) electrons. The van der Waals surface area contributed by atoms with Crippen molar-refractivity contribution >= 4 is 21.9 Å². The van der Waals surface area contributed by atoms with Gasteiger partial charge in [-0.15, -0.1) is 0 Å². The Balaban J connectivity index is 2.52. The molecule has 0 saturated heterocycles. The number of ether oxygens (including phenoxy) is 1. The van der Waals surface area contributed by atoms with Crippen LogP contribution in [-0.4, -0.2) is 25.8 Å². The van der Waals surface area contributed by atoms with Gasteiger partial charge in [-0.3, -0.25) is 5.41 Å². The van der Waals surface area contributed by atoms with Gasteiger partial charge in [-0.25, -0.2) is 4.39 Å². The van der Waals surface area contributed by atoms with E-state index in [0.29, 0.717) is 12.3 Å². The predicted octanol–water partition coefficient (Wildman–Crippen LogP) is 1.82. The highest BCUT2D eigenvalue weighted by Gasteiger charge is 2.02. The Bertz CT molecular complexity index is 387. The van der Waals surface area contributed by atoms with Crippen molar-refractivity contribution in [3.8, 4) is 5.75 Å². The average molecular weight is 304 g/mol. The lowest BCUT2D eigenvalue weighted by Gasteiger charge is -2.09. The molecule has 0 spiro atoms. The van der Waals surface area contributed by atoms with Crippen molar-refractivity contribution in [1.82, 2.24) is 5.32 Å². The van der Waals surface area contributed by atoms with Crippen LogP contribution in [0.25, 0.3) is 0 Å². The van der Waals surface area contributed by atoms with E-state index in [1.807, 2.05) is 12.1 Å². The summed E-state index contributed by atoms with van der Waals surface area (Å²) >= 11 is 3.36. The zero-order valence-corrected chi connectivity index (χ0v) is 10.9. The van der Waals surface area contributed by atoms with Crippen LogP contribution in [0.15, 0.2) is 22.7 Å². The number of nitrogens with one attached hydrogen (secondary N) is 2. The number of guanidine groups is 1. The Morgan fingerprint density at radius 2 is 2.29 bits per heavy atom. The van der Waals surface area contributed by atoms with Crippen LogP contribution in [0.2, 0.25) is 0 Å². The molecule has 0 aliphatic heterocycles. The quantitative estimate of drug-likeness (QED) is 0.554. The van der Waals surface area contributed by atoms with E-state index in [2.05, 4.69) is 21.2 Å². The monoisotopic (exact) mass is 303 g/mol. The maximum Gasteiger partial charge on any atom is 0.185 e. The lowest BCUT2D eigenvalue weighted by atomic mass is 10.1. The lowest BCUT2D eigenvalue weighted by molar-refractivity contribution is 0.272. The normalized spacial score (nSPS) is 10.0. The Morgan fingerprint density at radius 3 is 2.88 bits per heavy atom. The molecule has 1 aromatic carbocycles. The Kier molecular flexibility index (Phi) is 5.76. The number of halogens is 2. The fraction of sp³-hybridized carbons (Fsp3) is 0.364. The van der Waals surface area contributed by atoms with E-state index in [1.54, 1.807) is 6.07 Å². The molecule has 0 aromatic heterocycles. The molecule has 0 atom stereocenters. The third kappa shape index (κ3) is 5.04. The minimum atomic E-state index is -0.503. The molecular weight excluding hydrogens is 289 g/mol. The zero-order chi connectivity index (χ0) is 12.7. The molecule has 6 heteroatoms. The van der Waals surface area contributed by atoms with Crippen molar-refractivity contribution in [3.05, 3.63) is 28.2 Å². The number of benzene rings is 1. The summed E-state index contributed by atoms with van der Waals surface area (Å²) in [5.41, 5.74) is 6.25. The first-order chi connectivity index (χ1) is 8.13. The van der Waals surface area contributed by atoms with Crippen LogP contribution in [0.1, 0.15) is 5.56 Å². The molecule has 0 bridgehead atoms. The molecule has 4 nitrogen and oxygen atoms in total. The van der Waals surface area contributed by atoms with Gasteiger partial charge >= 0.3 is 0 Å². The summed E-state index contributed by atoms with van der Waals surface area (Å²) < 4.78 is 17.9. The van der Waals surface area contributed by atoms with Crippen molar-refractivity contribution in [2.75, 3.05) is 19.8 Å². The van der Waals surface area contributed by atoms with E-state index in [4.69, 9.17) is 15.9 Å². The molecule has 0 amide bonds. The molecule has 4 N–H and O–H groups in total.